The molecule has 1 N–H and O–H groups in total. The lowest BCUT2D eigenvalue weighted by Crippen LogP contribution is -2.39. The van der Waals surface area contributed by atoms with Gasteiger partial charge in [0.1, 0.15) is 0 Å². The standard InChI is InChI=1S/C13H24O3/c1-4-16-12(14)9-13(15)7-5-6-11(8-13)10(2)3/h10-11,15H,4-9H2,1-3H3. The average Bonchev–Trinajstić information content (AvgIpc) is 2.16. The first kappa shape index (κ1) is 13.5. The van der Waals surface area contributed by atoms with E-state index >= 15 is 0 Å². The van der Waals surface area contributed by atoms with Crippen LogP contribution in [-0.2, 0) is 9.53 Å². The molecule has 1 fully saturated rings. The van der Waals surface area contributed by atoms with Crippen molar-refractivity contribution in [2.45, 2.75) is 58.5 Å². The molecule has 0 spiro atoms. The summed E-state index contributed by atoms with van der Waals surface area (Å²) in [6.45, 7) is 6.55. The number of hydrogen-bond acceptors (Lipinski definition) is 3. The number of carbonyl (C=O) groups is 1. The van der Waals surface area contributed by atoms with Gasteiger partial charge in [-0.2, -0.15) is 0 Å². The van der Waals surface area contributed by atoms with Crippen molar-refractivity contribution in [3.8, 4) is 0 Å². The fourth-order valence-corrected chi connectivity index (χ4v) is 2.60. The summed E-state index contributed by atoms with van der Waals surface area (Å²) in [6.07, 6.45) is 3.81. The van der Waals surface area contributed by atoms with Gasteiger partial charge in [0, 0.05) is 0 Å². The summed E-state index contributed by atoms with van der Waals surface area (Å²) in [5.41, 5.74) is -0.820. The van der Waals surface area contributed by atoms with Crippen LogP contribution in [-0.4, -0.2) is 23.3 Å². The Morgan fingerprint density at radius 2 is 2.25 bits per heavy atom. The largest absolute Gasteiger partial charge is 0.466 e. The van der Waals surface area contributed by atoms with E-state index in [1.165, 1.54) is 6.42 Å². The smallest absolute Gasteiger partial charge is 0.308 e. The first-order chi connectivity index (χ1) is 7.47. The molecule has 94 valence electrons. The van der Waals surface area contributed by atoms with Crippen LogP contribution in [0.2, 0.25) is 0 Å². The van der Waals surface area contributed by atoms with Crippen LogP contribution in [0, 0.1) is 11.8 Å². The molecular weight excluding hydrogens is 204 g/mol. The van der Waals surface area contributed by atoms with Crippen molar-refractivity contribution in [1.29, 1.82) is 0 Å². The first-order valence-electron chi connectivity index (χ1n) is 6.35. The minimum Gasteiger partial charge on any atom is -0.466 e. The molecule has 1 aliphatic rings. The molecule has 1 aliphatic carbocycles. The van der Waals surface area contributed by atoms with Crippen molar-refractivity contribution in [3.05, 3.63) is 0 Å². The summed E-state index contributed by atoms with van der Waals surface area (Å²) < 4.78 is 4.91. The van der Waals surface area contributed by atoms with Crippen LogP contribution in [0.4, 0.5) is 0 Å². The van der Waals surface area contributed by atoms with Crippen molar-refractivity contribution in [2.75, 3.05) is 6.61 Å². The minimum absolute atomic E-state index is 0.157. The Morgan fingerprint density at radius 3 is 2.81 bits per heavy atom. The van der Waals surface area contributed by atoms with E-state index in [1.54, 1.807) is 6.92 Å². The number of aliphatic hydroxyl groups is 1. The average molecular weight is 228 g/mol. The van der Waals surface area contributed by atoms with Crippen molar-refractivity contribution < 1.29 is 14.6 Å². The van der Waals surface area contributed by atoms with Crippen molar-refractivity contribution in [1.82, 2.24) is 0 Å². The van der Waals surface area contributed by atoms with Crippen LogP contribution in [0.1, 0.15) is 52.9 Å². The highest BCUT2D eigenvalue weighted by atomic mass is 16.5. The summed E-state index contributed by atoms with van der Waals surface area (Å²) in [7, 11) is 0. The molecule has 0 amide bonds. The van der Waals surface area contributed by atoms with Gasteiger partial charge in [-0.15, -0.1) is 0 Å². The van der Waals surface area contributed by atoms with E-state index in [9.17, 15) is 9.90 Å². The van der Waals surface area contributed by atoms with Gasteiger partial charge in [0.05, 0.1) is 18.6 Å². The Bertz CT molecular complexity index is 237. The highest BCUT2D eigenvalue weighted by Crippen LogP contribution is 2.38. The summed E-state index contributed by atoms with van der Waals surface area (Å²) in [5, 5.41) is 10.4. The van der Waals surface area contributed by atoms with E-state index in [1.807, 2.05) is 0 Å². The molecule has 0 bridgehead atoms. The van der Waals surface area contributed by atoms with Crippen LogP contribution in [0.3, 0.4) is 0 Å². The van der Waals surface area contributed by atoms with Gasteiger partial charge in [-0.25, -0.2) is 0 Å². The molecular formula is C13H24O3. The molecule has 0 aromatic rings. The number of esters is 1. The van der Waals surface area contributed by atoms with E-state index in [2.05, 4.69) is 13.8 Å². The van der Waals surface area contributed by atoms with Gasteiger partial charge in [0.25, 0.3) is 0 Å². The molecule has 0 aliphatic heterocycles. The summed E-state index contributed by atoms with van der Waals surface area (Å²) in [4.78, 5) is 11.4. The molecule has 0 aromatic carbocycles. The Balaban J connectivity index is 2.52. The Morgan fingerprint density at radius 1 is 1.56 bits per heavy atom. The fourth-order valence-electron chi connectivity index (χ4n) is 2.60. The molecule has 16 heavy (non-hydrogen) atoms. The Labute approximate surface area is 98.2 Å². The molecule has 3 nitrogen and oxygen atoms in total. The van der Waals surface area contributed by atoms with Gasteiger partial charge in [-0.05, 0) is 38.0 Å². The highest BCUT2D eigenvalue weighted by Gasteiger charge is 2.37. The molecule has 1 saturated carbocycles. The number of ether oxygens (including phenoxy) is 1. The maximum Gasteiger partial charge on any atom is 0.308 e. The zero-order chi connectivity index (χ0) is 12.2. The summed E-state index contributed by atoms with van der Waals surface area (Å²) in [5.74, 6) is 0.844. The highest BCUT2D eigenvalue weighted by molar-refractivity contribution is 5.70. The Kier molecular flexibility index (Phi) is 4.78. The van der Waals surface area contributed by atoms with Crippen LogP contribution >= 0.6 is 0 Å². The van der Waals surface area contributed by atoms with Gasteiger partial charge >= 0.3 is 5.97 Å². The normalized spacial score (nSPS) is 30.4. The molecule has 3 heteroatoms. The van der Waals surface area contributed by atoms with Crippen molar-refractivity contribution in [3.63, 3.8) is 0 Å². The molecule has 0 saturated heterocycles. The predicted octanol–water partition coefficient (Wildman–Crippen LogP) is 2.52. The third-order valence-corrected chi connectivity index (χ3v) is 3.58. The van der Waals surface area contributed by atoms with Gasteiger partial charge in [0.15, 0.2) is 0 Å². The lowest BCUT2D eigenvalue weighted by atomic mass is 9.72. The number of rotatable bonds is 4. The van der Waals surface area contributed by atoms with Crippen LogP contribution in [0.25, 0.3) is 0 Å². The van der Waals surface area contributed by atoms with Crippen molar-refractivity contribution in [2.24, 2.45) is 11.8 Å². The zero-order valence-corrected chi connectivity index (χ0v) is 10.7. The van der Waals surface area contributed by atoms with E-state index < -0.39 is 5.60 Å². The predicted molar refractivity (Wildman–Crippen MR) is 63.0 cm³/mol. The molecule has 1 rings (SSSR count). The van der Waals surface area contributed by atoms with Crippen LogP contribution < -0.4 is 0 Å². The lowest BCUT2D eigenvalue weighted by Gasteiger charge is -2.37. The first-order valence-corrected chi connectivity index (χ1v) is 6.35. The van der Waals surface area contributed by atoms with E-state index in [4.69, 9.17) is 4.74 Å². The van der Waals surface area contributed by atoms with E-state index in [0.29, 0.717) is 18.4 Å². The molecule has 0 heterocycles. The van der Waals surface area contributed by atoms with Crippen LogP contribution in [0.15, 0.2) is 0 Å². The number of hydrogen-bond donors (Lipinski definition) is 1. The molecule has 2 unspecified atom stereocenters. The van der Waals surface area contributed by atoms with E-state index in [0.717, 1.165) is 19.3 Å². The van der Waals surface area contributed by atoms with Crippen LogP contribution in [0.5, 0.6) is 0 Å². The van der Waals surface area contributed by atoms with Gasteiger partial charge < -0.3 is 9.84 Å². The fraction of sp³-hybridized carbons (Fsp3) is 0.923. The maximum atomic E-state index is 11.4. The lowest BCUT2D eigenvalue weighted by molar-refractivity contribution is -0.151. The second-order valence-corrected chi connectivity index (χ2v) is 5.31. The van der Waals surface area contributed by atoms with Gasteiger partial charge in [0.2, 0.25) is 0 Å². The third kappa shape index (κ3) is 3.78. The second-order valence-electron chi connectivity index (χ2n) is 5.31. The second kappa shape index (κ2) is 5.67. The molecule has 0 aromatic heterocycles. The SMILES string of the molecule is CCOC(=O)CC1(O)CCCC(C(C)C)C1. The topological polar surface area (TPSA) is 46.5 Å². The molecule has 0 radical (unpaired) electrons. The minimum atomic E-state index is -0.820. The van der Waals surface area contributed by atoms with Gasteiger partial charge in [-0.1, -0.05) is 20.3 Å². The van der Waals surface area contributed by atoms with Gasteiger partial charge in [-0.3, -0.25) is 4.79 Å². The summed E-state index contributed by atoms with van der Waals surface area (Å²) >= 11 is 0. The Hall–Kier alpha value is -0.570. The summed E-state index contributed by atoms with van der Waals surface area (Å²) in [6, 6.07) is 0. The quantitative estimate of drug-likeness (QED) is 0.752. The molecule has 2 atom stereocenters. The number of carbonyl (C=O) groups excluding carboxylic acids is 1. The van der Waals surface area contributed by atoms with Crippen molar-refractivity contribution >= 4 is 5.97 Å². The third-order valence-electron chi connectivity index (χ3n) is 3.58. The monoisotopic (exact) mass is 228 g/mol. The maximum absolute atomic E-state index is 11.4. The van der Waals surface area contributed by atoms with E-state index in [-0.39, 0.29) is 12.4 Å². The zero-order valence-electron chi connectivity index (χ0n) is 10.7.